The summed E-state index contributed by atoms with van der Waals surface area (Å²) in [6.07, 6.45) is 8.48. The molecule has 0 spiro atoms. The van der Waals surface area contributed by atoms with Crippen LogP contribution in [0.1, 0.15) is 56.9 Å². The van der Waals surface area contributed by atoms with Crippen molar-refractivity contribution in [1.82, 2.24) is 4.90 Å². The number of carbonyl (C=O) groups is 1. The number of ether oxygens (including phenoxy) is 1. The van der Waals surface area contributed by atoms with Crippen LogP contribution in [-0.4, -0.2) is 42.2 Å². The monoisotopic (exact) mass is 380 g/mol. The summed E-state index contributed by atoms with van der Waals surface area (Å²) in [7, 11) is 0. The number of aliphatic hydroxyl groups is 1. The first-order valence-electron chi connectivity index (χ1n) is 9.89. The lowest BCUT2D eigenvalue weighted by atomic mass is 9.73. The Morgan fingerprint density at radius 1 is 1.08 bits per heavy atom. The first kappa shape index (κ1) is 21.2. The first-order chi connectivity index (χ1) is 12.2. The quantitative estimate of drug-likeness (QED) is 0.552. The third-order valence-corrected chi connectivity index (χ3v) is 5.77. The highest BCUT2D eigenvalue weighted by Crippen LogP contribution is 2.40. The van der Waals surface area contributed by atoms with E-state index in [-0.39, 0.29) is 18.3 Å². The van der Waals surface area contributed by atoms with Crippen LogP contribution < -0.4 is 12.4 Å². The Morgan fingerprint density at radius 3 is 2.38 bits per heavy atom. The lowest BCUT2D eigenvalue weighted by Gasteiger charge is -2.36. The summed E-state index contributed by atoms with van der Waals surface area (Å²) in [5.74, 6) is -0.512. The van der Waals surface area contributed by atoms with Gasteiger partial charge in [-0.2, -0.15) is 0 Å². The molecule has 0 radical (unpaired) electrons. The highest BCUT2D eigenvalue weighted by molar-refractivity contribution is 5.81. The molecule has 4 nitrogen and oxygen atoms in total. The zero-order valence-corrected chi connectivity index (χ0v) is 16.3. The molecule has 2 fully saturated rings. The molecule has 1 aliphatic heterocycles. The fourth-order valence-corrected chi connectivity index (χ4v) is 4.30. The van der Waals surface area contributed by atoms with Crippen LogP contribution in [0.2, 0.25) is 0 Å². The van der Waals surface area contributed by atoms with Crippen molar-refractivity contribution >= 4 is 5.97 Å². The summed E-state index contributed by atoms with van der Waals surface area (Å²) < 4.78 is 5.56. The van der Waals surface area contributed by atoms with Crippen molar-refractivity contribution in [3.8, 4) is 0 Å². The van der Waals surface area contributed by atoms with Gasteiger partial charge >= 0.3 is 5.97 Å². The Labute approximate surface area is 163 Å². The lowest BCUT2D eigenvalue weighted by molar-refractivity contribution is -0.175. The molecule has 1 unspecified atom stereocenters. The van der Waals surface area contributed by atoms with E-state index in [0.29, 0.717) is 12.2 Å². The van der Waals surface area contributed by atoms with Gasteiger partial charge in [-0.25, -0.2) is 4.79 Å². The maximum atomic E-state index is 12.9. The predicted octanol–water partition coefficient (Wildman–Crippen LogP) is 0.488. The minimum absolute atomic E-state index is 0. The maximum absolute atomic E-state index is 12.9. The average Bonchev–Trinajstić information content (AvgIpc) is 3.19. The Bertz CT molecular complexity index is 541. The Hall–Kier alpha value is -1.10. The summed E-state index contributed by atoms with van der Waals surface area (Å²) in [5.41, 5.74) is -0.832. The van der Waals surface area contributed by atoms with Crippen molar-refractivity contribution < 1.29 is 27.0 Å². The van der Waals surface area contributed by atoms with Gasteiger partial charge in [0, 0.05) is 12.5 Å². The molecule has 3 rings (SSSR count). The Kier molecular flexibility index (Phi) is 8.39. The van der Waals surface area contributed by atoms with E-state index in [1.165, 1.54) is 19.3 Å². The smallest absolute Gasteiger partial charge is 0.343 e. The van der Waals surface area contributed by atoms with E-state index >= 15 is 0 Å². The topological polar surface area (TPSA) is 49.8 Å². The SMILES string of the molecule is O=C(OCCCN1CCCC1)C(O)(c1ccccc1)C1CCCCC1.[Cl-]. The molecule has 1 atom stereocenters. The Balaban J connectivity index is 0.00000243. The van der Waals surface area contributed by atoms with Crippen LogP contribution >= 0.6 is 0 Å². The fourth-order valence-electron chi connectivity index (χ4n) is 4.30. The largest absolute Gasteiger partial charge is 1.00 e. The van der Waals surface area contributed by atoms with Gasteiger partial charge in [0.1, 0.15) is 0 Å². The highest BCUT2D eigenvalue weighted by atomic mass is 35.5. The van der Waals surface area contributed by atoms with Crippen LogP contribution in [0.3, 0.4) is 0 Å². The zero-order valence-electron chi connectivity index (χ0n) is 15.5. The van der Waals surface area contributed by atoms with Gasteiger partial charge in [0.25, 0.3) is 0 Å². The van der Waals surface area contributed by atoms with Crippen molar-refractivity contribution in [3.05, 3.63) is 35.9 Å². The number of hydrogen-bond donors (Lipinski definition) is 1. The van der Waals surface area contributed by atoms with Crippen LogP contribution in [0.5, 0.6) is 0 Å². The molecule has 0 amide bonds. The molecule has 1 aromatic rings. The van der Waals surface area contributed by atoms with E-state index < -0.39 is 11.6 Å². The number of nitrogens with zero attached hydrogens (tertiary/aromatic N) is 1. The molecule has 2 aliphatic rings. The second kappa shape index (κ2) is 10.3. The van der Waals surface area contributed by atoms with Crippen molar-refractivity contribution in [3.63, 3.8) is 0 Å². The van der Waals surface area contributed by atoms with E-state index in [9.17, 15) is 9.90 Å². The number of hydrogen-bond acceptors (Lipinski definition) is 4. The van der Waals surface area contributed by atoms with Gasteiger partial charge in [-0.05, 0) is 50.8 Å². The molecule has 146 valence electrons. The number of likely N-dealkylation sites (tertiary alicyclic amines) is 1. The van der Waals surface area contributed by atoms with Gasteiger partial charge in [-0.1, -0.05) is 49.6 Å². The lowest BCUT2D eigenvalue weighted by Crippen LogP contribution is -3.00. The first-order valence-corrected chi connectivity index (χ1v) is 9.89. The number of esters is 1. The van der Waals surface area contributed by atoms with Crippen LogP contribution in [0, 0.1) is 5.92 Å². The van der Waals surface area contributed by atoms with Gasteiger partial charge in [0.05, 0.1) is 6.61 Å². The third kappa shape index (κ3) is 4.99. The number of halogens is 1. The van der Waals surface area contributed by atoms with Crippen LogP contribution in [0.15, 0.2) is 30.3 Å². The number of benzene rings is 1. The van der Waals surface area contributed by atoms with E-state index in [2.05, 4.69) is 4.90 Å². The van der Waals surface area contributed by atoms with Crippen molar-refractivity contribution in [2.45, 2.75) is 57.0 Å². The summed E-state index contributed by atoms with van der Waals surface area (Å²) >= 11 is 0. The molecule has 0 aromatic heterocycles. The highest BCUT2D eigenvalue weighted by Gasteiger charge is 2.47. The molecule has 1 heterocycles. The molecule has 0 bridgehead atoms. The van der Waals surface area contributed by atoms with Crippen LogP contribution in [0.25, 0.3) is 0 Å². The van der Waals surface area contributed by atoms with E-state index in [1.807, 2.05) is 30.3 Å². The van der Waals surface area contributed by atoms with Crippen molar-refractivity contribution in [1.29, 1.82) is 0 Å². The van der Waals surface area contributed by atoms with Crippen molar-refractivity contribution in [2.24, 2.45) is 5.92 Å². The third-order valence-electron chi connectivity index (χ3n) is 5.77. The number of carbonyl (C=O) groups excluding carboxylic acids is 1. The van der Waals surface area contributed by atoms with Crippen molar-refractivity contribution in [2.75, 3.05) is 26.2 Å². The molecular weight excluding hydrogens is 350 g/mol. The summed E-state index contributed by atoms with van der Waals surface area (Å²) in [4.78, 5) is 15.3. The summed E-state index contributed by atoms with van der Waals surface area (Å²) in [6, 6.07) is 9.36. The fraction of sp³-hybridized carbons (Fsp3) is 0.667. The minimum Gasteiger partial charge on any atom is -1.00 e. The molecule has 1 aromatic carbocycles. The van der Waals surface area contributed by atoms with Gasteiger partial charge in [0.2, 0.25) is 0 Å². The molecular formula is C21H31ClNO3-. The van der Waals surface area contributed by atoms with Crippen LogP contribution in [0.4, 0.5) is 0 Å². The van der Waals surface area contributed by atoms with E-state index in [4.69, 9.17) is 4.74 Å². The van der Waals surface area contributed by atoms with Crippen LogP contribution in [-0.2, 0) is 15.1 Å². The maximum Gasteiger partial charge on any atom is 0.343 e. The van der Waals surface area contributed by atoms with Gasteiger partial charge in [-0.15, -0.1) is 0 Å². The minimum atomic E-state index is -1.50. The average molecular weight is 381 g/mol. The van der Waals surface area contributed by atoms with E-state index in [1.54, 1.807) is 0 Å². The molecule has 26 heavy (non-hydrogen) atoms. The zero-order chi connectivity index (χ0) is 17.5. The normalized spacial score (nSPS) is 21.0. The summed E-state index contributed by atoms with van der Waals surface area (Å²) in [5, 5.41) is 11.4. The molecule has 1 saturated heterocycles. The standard InChI is InChI=1S/C21H31NO3.ClH/c23-20(25-17-9-16-22-14-7-8-15-22)21(24,18-10-3-1-4-11-18)19-12-5-2-6-13-19;/h1,3-4,10-11,19,24H,2,5-9,12-17H2;1H/p-1. The summed E-state index contributed by atoms with van der Waals surface area (Å²) in [6.45, 7) is 3.67. The molecule has 5 heteroatoms. The second-order valence-electron chi connectivity index (χ2n) is 7.51. The Morgan fingerprint density at radius 2 is 1.73 bits per heavy atom. The van der Waals surface area contributed by atoms with Gasteiger partial charge < -0.3 is 27.2 Å². The van der Waals surface area contributed by atoms with Gasteiger partial charge in [0.15, 0.2) is 5.60 Å². The molecule has 1 aliphatic carbocycles. The van der Waals surface area contributed by atoms with Gasteiger partial charge in [-0.3, -0.25) is 0 Å². The molecule has 1 saturated carbocycles. The second-order valence-corrected chi connectivity index (χ2v) is 7.51. The number of rotatable bonds is 7. The predicted molar refractivity (Wildman–Crippen MR) is 98.2 cm³/mol. The van der Waals surface area contributed by atoms with E-state index in [0.717, 1.165) is 51.7 Å². The molecule has 1 N–H and O–H groups in total.